The normalized spacial score (nSPS) is 16.1. The van der Waals surface area contributed by atoms with E-state index in [4.69, 9.17) is 0 Å². The maximum Gasteiger partial charge on any atom is 0.251 e. The number of benzene rings is 1. The predicted molar refractivity (Wildman–Crippen MR) is 78.8 cm³/mol. The van der Waals surface area contributed by atoms with Crippen LogP contribution in [0.5, 0.6) is 0 Å². The van der Waals surface area contributed by atoms with E-state index in [0.29, 0.717) is 5.56 Å². The number of hydrogen-bond acceptors (Lipinski definition) is 3. The van der Waals surface area contributed by atoms with Crippen LogP contribution in [-0.2, 0) is 4.79 Å². The molecule has 0 spiro atoms. The number of hydrogen-bond donors (Lipinski definition) is 2. The van der Waals surface area contributed by atoms with Crippen molar-refractivity contribution in [2.45, 2.75) is 25.8 Å². The summed E-state index contributed by atoms with van der Waals surface area (Å²) >= 11 is 0. The number of likely N-dealkylation sites (tertiary alicyclic amines) is 1. The average molecular weight is 286 g/mol. The fourth-order valence-electron chi connectivity index (χ4n) is 2.63. The molecule has 0 saturated carbocycles. The summed E-state index contributed by atoms with van der Waals surface area (Å²) in [7, 11) is 0. The first-order valence-electron chi connectivity index (χ1n) is 7.18. The number of fused-ring (bicyclic) bond motifs is 1. The van der Waals surface area contributed by atoms with Gasteiger partial charge in [-0.1, -0.05) is 6.07 Å². The van der Waals surface area contributed by atoms with Gasteiger partial charge in [-0.3, -0.25) is 14.7 Å². The molecule has 6 heteroatoms. The summed E-state index contributed by atoms with van der Waals surface area (Å²) in [5, 5.41) is 10.5. The minimum Gasteiger partial charge on any atom is -0.341 e. The number of aromatic nitrogens is 2. The summed E-state index contributed by atoms with van der Waals surface area (Å²) in [6, 6.07) is 4.80. The Bertz CT molecular complexity index is 673. The van der Waals surface area contributed by atoms with Gasteiger partial charge < -0.3 is 10.2 Å². The molecule has 0 radical (unpaired) electrons. The molecular weight excluding hydrogens is 268 g/mol. The van der Waals surface area contributed by atoms with Crippen molar-refractivity contribution < 1.29 is 9.59 Å². The Kier molecular flexibility index (Phi) is 3.60. The van der Waals surface area contributed by atoms with E-state index in [2.05, 4.69) is 15.5 Å². The van der Waals surface area contributed by atoms with Crippen molar-refractivity contribution in [3.63, 3.8) is 0 Å². The zero-order valence-corrected chi connectivity index (χ0v) is 11.9. The van der Waals surface area contributed by atoms with Gasteiger partial charge in [0.15, 0.2) is 0 Å². The summed E-state index contributed by atoms with van der Waals surface area (Å²) in [5.41, 5.74) is 1.33. The fourth-order valence-corrected chi connectivity index (χ4v) is 2.63. The van der Waals surface area contributed by atoms with Crippen LogP contribution >= 0.6 is 0 Å². The smallest absolute Gasteiger partial charge is 0.251 e. The molecule has 0 aliphatic carbocycles. The van der Waals surface area contributed by atoms with Crippen LogP contribution < -0.4 is 5.32 Å². The molecule has 1 atom stereocenters. The lowest BCUT2D eigenvalue weighted by molar-refractivity contribution is -0.131. The monoisotopic (exact) mass is 286 g/mol. The molecule has 2 amide bonds. The third kappa shape index (κ3) is 2.74. The van der Waals surface area contributed by atoms with Crippen LogP contribution in [0.25, 0.3) is 10.9 Å². The topological polar surface area (TPSA) is 78.1 Å². The molecule has 21 heavy (non-hydrogen) atoms. The zero-order chi connectivity index (χ0) is 14.8. The summed E-state index contributed by atoms with van der Waals surface area (Å²) in [5.74, 6) is -0.255. The standard InChI is InChI=1S/C15H18N4O2/c1-10(15(21)19-6-2-3-7-19)17-14(20)11-4-5-12-9-16-18-13(12)8-11/h4-5,8-10H,2-3,6-7H2,1H3,(H,16,18)(H,17,20). The van der Waals surface area contributed by atoms with E-state index in [-0.39, 0.29) is 11.8 Å². The summed E-state index contributed by atoms with van der Waals surface area (Å²) < 4.78 is 0. The van der Waals surface area contributed by atoms with Crippen molar-refractivity contribution in [3.8, 4) is 0 Å². The Hall–Kier alpha value is -2.37. The van der Waals surface area contributed by atoms with Gasteiger partial charge in [-0.05, 0) is 31.9 Å². The number of nitrogens with one attached hydrogen (secondary N) is 2. The van der Waals surface area contributed by atoms with Crippen LogP contribution in [0.4, 0.5) is 0 Å². The maximum absolute atomic E-state index is 12.2. The molecule has 3 rings (SSSR count). The largest absolute Gasteiger partial charge is 0.341 e. The van der Waals surface area contributed by atoms with E-state index >= 15 is 0 Å². The molecule has 1 unspecified atom stereocenters. The molecule has 0 bridgehead atoms. The lowest BCUT2D eigenvalue weighted by atomic mass is 10.1. The zero-order valence-electron chi connectivity index (χ0n) is 11.9. The molecular formula is C15H18N4O2. The second kappa shape index (κ2) is 5.55. The van der Waals surface area contributed by atoms with Crippen LogP contribution in [0, 0.1) is 0 Å². The molecule has 1 aromatic heterocycles. The molecule has 1 saturated heterocycles. The van der Waals surface area contributed by atoms with Crippen molar-refractivity contribution in [2.24, 2.45) is 0 Å². The van der Waals surface area contributed by atoms with Gasteiger partial charge in [0.2, 0.25) is 5.91 Å². The summed E-state index contributed by atoms with van der Waals surface area (Å²) in [4.78, 5) is 26.2. The third-order valence-electron chi connectivity index (χ3n) is 3.84. The highest BCUT2D eigenvalue weighted by Crippen LogP contribution is 2.13. The van der Waals surface area contributed by atoms with Gasteiger partial charge in [-0.15, -0.1) is 0 Å². The molecule has 1 fully saturated rings. The maximum atomic E-state index is 12.2. The summed E-state index contributed by atoms with van der Waals surface area (Å²) in [6.45, 7) is 3.31. The summed E-state index contributed by atoms with van der Waals surface area (Å²) in [6.07, 6.45) is 3.79. The van der Waals surface area contributed by atoms with Crippen LogP contribution in [-0.4, -0.2) is 46.0 Å². The number of H-pyrrole nitrogens is 1. The van der Waals surface area contributed by atoms with Gasteiger partial charge in [-0.25, -0.2) is 0 Å². The van der Waals surface area contributed by atoms with Crippen molar-refractivity contribution in [2.75, 3.05) is 13.1 Å². The van der Waals surface area contributed by atoms with E-state index in [9.17, 15) is 9.59 Å². The van der Waals surface area contributed by atoms with Gasteiger partial charge in [-0.2, -0.15) is 5.10 Å². The first kappa shape index (κ1) is 13.6. The van der Waals surface area contributed by atoms with Gasteiger partial charge in [0, 0.05) is 24.0 Å². The number of aromatic amines is 1. The van der Waals surface area contributed by atoms with E-state index < -0.39 is 6.04 Å². The Morgan fingerprint density at radius 1 is 1.33 bits per heavy atom. The van der Waals surface area contributed by atoms with Crippen molar-refractivity contribution in [1.29, 1.82) is 0 Å². The molecule has 1 aromatic carbocycles. The van der Waals surface area contributed by atoms with Gasteiger partial charge >= 0.3 is 0 Å². The van der Waals surface area contributed by atoms with E-state index in [1.807, 2.05) is 11.0 Å². The highest BCUT2D eigenvalue weighted by atomic mass is 16.2. The Morgan fingerprint density at radius 3 is 2.86 bits per heavy atom. The SMILES string of the molecule is CC(NC(=O)c1ccc2cn[nH]c2c1)C(=O)N1CCCC1. The molecule has 6 nitrogen and oxygen atoms in total. The average Bonchev–Trinajstić information content (AvgIpc) is 3.16. The van der Waals surface area contributed by atoms with Crippen LogP contribution in [0.1, 0.15) is 30.1 Å². The molecule has 1 aliphatic heterocycles. The van der Waals surface area contributed by atoms with E-state index in [0.717, 1.165) is 36.8 Å². The first-order chi connectivity index (χ1) is 10.1. The van der Waals surface area contributed by atoms with Crippen LogP contribution in [0.2, 0.25) is 0 Å². The minimum absolute atomic E-state index is 0.0107. The Balaban J connectivity index is 1.68. The van der Waals surface area contributed by atoms with Crippen molar-refractivity contribution >= 4 is 22.7 Å². The molecule has 110 valence electrons. The Labute approximate surface area is 122 Å². The number of carbonyl (C=O) groups is 2. The molecule has 2 N–H and O–H groups in total. The molecule has 2 aromatic rings. The lowest BCUT2D eigenvalue weighted by Crippen LogP contribution is -2.45. The number of rotatable bonds is 3. The van der Waals surface area contributed by atoms with Gasteiger partial charge in [0.25, 0.3) is 5.91 Å². The second-order valence-electron chi connectivity index (χ2n) is 5.40. The van der Waals surface area contributed by atoms with E-state index in [1.54, 1.807) is 25.3 Å². The highest BCUT2D eigenvalue weighted by Gasteiger charge is 2.24. The number of carbonyl (C=O) groups excluding carboxylic acids is 2. The minimum atomic E-state index is -0.506. The molecule has 2 heterocycles. The fraction of sp³-hybridized carbons (Fsp3) is 0.400. The van der Waals surface area contributed by atoms with Crippen LogP contribution in [0.3, 0.4) is 0 Å². The number of amides is 2. The predicted octanol–water partition coefficient (Wildman–Crippen LogP) is 1.30. The highest BCUT2D eigenvalue weighted by molar-refractivity contribution is 6.00. The quantitative estimate of drug-likeness (QED) is 0.893. The van der Waals surface area contributed by atoms with Gasteiger partial charge in [0.1, 0.15) is 6.04 Å². The van der Waals surface area contributed by atoms with Crippen molar-refractivity contribution in [3.05, 3.63) is 30.0 Å². The lowest BCUT2D eigenvalue weighted by Gasteiger charge is -2.21. The van der Waals surface area contributed by atoms with Crippen LogP contribution in [0.15, 0.2) is 24.4 Å². The first-order valence-corrected chi connectivity index (χ1v) is 7.18. The van der Waals surface area contributed by atoms with E-state index in [1.165, 1.54) is 0 Å². The number of nitrogens with zero attached hydrogens (tertiary/aromatic N) is 2. The second-order valence-corrected chi connectivity index (χ2v) is 5.40. The third-order valence-corrected chi connectivity index (χ3v) is 3.84. The van der Waals surface area contributed by atoms with Gasteiger partial charge in [0.05, 0.1) is 11.7 Å². The van der Waals surface area contributed by atoms with Crippen molar-refractivity contribution in [1.82, 2.24) is 20.4 Å². The Morgan fingerprint density at radius 2 is 2.10 bits per heavy atom. The molecule has 1 aliphatic rings.